The van der Waals surface area contributed by atoms with Crippen LogP contribution < -0.4 is 10.5 Å². The monoisotopic (exact) mass is 292 g/mol. The van der Waals surface area contributed by atoms with E-state index >= 15 is 0 Å². The largest absolute Gasteiger partial charge is 0.325 e. The molecule has 2 aromatic rings. The molecule has 0 radical (unpaired) electrons. The summed E-state index contributed by atoms with van der Waals surface area (Å²) in [5.74, 6) is 0. The van der Waals surface area contributed by atoms with Crippen LogP contribution in [0, 0.1) is 0 Å². The second kappa shape index (κ2) is 6.56. The summed E-state index contributed by atoms with van der Waals surface area (Å²) in [6.45, 7) is 0.599. The van der Waals surface area contributed by atoms with Crippen molar-refractivity contribution >= 4 is 10.0 Å². The maximum Gasteiger partial charge on any atom is 0.242 e. The average molecular weight is 292 g/mol. The molecule has 20 heavy (non-hydrogen) atoms. The summed E-state index contributed by atoms with van der Waals surface area (Å²) in [6.07, 6.45) is 5.29. The molecule has 106 valence electrons. The molecular weight excluding hydrogens is 276 g/mol. The van der Waals surface area contributed by atoms with Gasteiger partial charge in [-0.05, 0) is 30.2 Å². The summed E-state index contributed by atoms with van der Waals surface area (Å²) >= 11 is 0. The van der Waals surface area contributed by atoms with Gasteiger partial charge in [0.1, 0.15) is 4.90 Å². The topological polar surface area (TPSA) is 98.0 Å². The van der Waals surface area contributed by atoms with Gasteiger partial charge in [0.15, 0.2) is 0 Å². The van der Waals surface area contributed by atoms with Gasteiger partial charge in [-0.25, -0.2) is 13.1 Å². The molecule has 2 aromatic heterocycles. The third-order valence-corrected chi connectivity index (χ3v) is 4.19. The number of aromatic nitrogens is 2. The molecule has 2 heterocycles. The molecule has 0 saturated carbocycles. The maximum absolute atomic E-state index is 12.0. The third kappa shape index (κ3) is 3.83. The van der Waals surface area contributed by atoms with Crippen LogP contribution in [0.2, 0.25) is 0 Å². The van der Waals surface area contributed by atoms with E-state index in [-0.39, 0.29) is 11.4 Å². The molecule has 0 aliphatic heterocycles. The minimum atomic E-state index is -3.53. The van der Waals surface area contributed by atoms with E-state index in [4.69, 9.17) is 5.73 Å². The summed E-state index contributed by atoms with van der Waals surface area (Å²) in [5, 5.41) is 0. The van der Waals surface area contributed by atoms with Crippen molar-refractivity contribution in [2.24, 2.45) is 5.73 Å². The van der Waals surface area contributed by atoms with Crippen LogP contribution in [0.15, 0.2) is 47.8 Å². The van der Waals surface area contributed by atoms with Crippen molar-refractivity contribution in [2.45, 2.75) is 17.9 Å². The molecule has 0 saturated heterocycles. The normalized spacial score (nSPS) is 11.4. The van der Waals surface area contributed by atoms with Crippen LogP contribution in [-0.4, -0.2) is 24.9 Å². The number of rotatable bonds is 6. The first kappa shape index (κ1) is 14.6. The van der Waals surface area contributed by atoms with Crippen molar-refractivity contribution < 1.29 is 8.42 Å². The molecule has 7 heteroatoms. The van der Waals surface area contributed by atoms with E-state index in [1.807, 2.05) is 12.1 Å². The molecule has 0 aromatic carbocycles. The van der Waals surface area contributed by atoms with E-state index in [0.29, 0.717) is 18.7 Å². The van der Waals surface area contributed by atoms with Crippen molar-refractivity contribution in [1.29, 1.82) is 0 Å². The zero-order chi connectivity index (χ0) is 14.4. The van der Waals surface area contributed by atoms with Gasteiger partial charge in [-0.15, -0.1) is 0 Å². The molecule has 0 aliphatic carbocycles. The first-order valence-corrected chi connectivity index (χ1v) is 7.64. The van der Waals surface area contributed by atoms with E-state index in [1.165, 1.54) is 12.3 Å². The molecular formula is C13H16N4O2S. The Morgan fingerprint density at radius 2 is 2.05 bits per heavy atom. The molecule has 3 N–H and O–H groups in total. The number of hydrogen-bond donors (Lipinski definition) is 2. The van der Waals surface area contributed by atoms with Gasteiger partial charge in [0.05, 0.1) is 5.69 Å². The van der Waals surface area contributed by atoms with Crippen LogP contribution in [-0.2, 0) is 23.0 Å². The predicted octanol–water partition coefficient (Wildman–Crippen LogP) is 0.456. The fraction of sp³-hybridized carbons (Fsp3) is 0.231. The quantitative estimate of drug-likeness (QED) is 0.806. The van der Waals surface area contributed by atoms with Gasteiger partial charge in [0.2, 0.25) is 10.0 Å². The minimum Gasteiger partial charge on any atom is -0.325 e. The van der Waals surface area contributed by atoms with Crippen LogP contribution in [0.1, 0.15) is 11.3 Å². The summed E-state index contributed by atoms with van der Waals surface area (Å²) in [4.78, 5) is 8.09. The van der Waals surface area contributed by atoms with Crippen molar-refractivity contribution in [2.75, 3.05) is 6.54 Å². The Kier molecular flexibility index (Phi) is 4.78. The average Bonchev–Trinajstić information content (AvgIpc) is 2.48. The summed E-state index contributed by atoms with van der Waals surface area (Å²) in [7, 11) is -3.53. The number of pyridine rings is 2. The van der Waals surface area contributed by atoms with Gasteiger partial charge < -0.3 is 5.73 Å². The lowest BCUT2D eigenvalue weighted by Crippen LogP contribution is -2.26. The van der Waals surface area contributed by atoms with Crippen LogP contribution in [0.5, 0.6) is 0 Å². The Bertz CT molecular complexity index is 642. The highest BCUT2D eigenvalue weighted by Gasteiger charge is 2.13. The first-order chi connectivity index (χ1) is 9.62. The molecule has 0 spiro atoms. The highest BCUT2D eigenvalue weighted by Crippen LogP contribution is 2.07. The molecule has 0 aliphatic rings. The first-order valence-electron chi connectivity index (χ1n) is 6.15. The number of hydrogen-bond acceptors (Lipinski definition) is 5. The lowest BCUT2D eigenvalue weighted by Gasteiger charge is -2.07. The predicted molar refractivity (Wildman–Crippen MR) is 75.3 cm³/mol. The van der Waals surface area contributed by atoms with Gasteiger partial charge in [-0.2, -0.15) is 0 Å². The maximum atomic E-state index is 12.0. The van der Waals surface area contributed by atoms with Crippen molar-refractivity contribution in [3.8, 4) is 0 Å². The van der Waals surface area contributed by atoms with E-state index in [1.54, 1.807) is 18.5 Å². The standard InChI is InChI=1S/C13H16N4O2S/c14-8-12-3-4-13(10-16-12)20(18,19)17-7-5-11-2-1-6-15-9-11/h1-4,6,9-10,17H,5,7-8,14H2. The van der Waals surface area contributed by atoms with Gasteiger partial charge in [0, 0.05) is 31.7 Å². The van der Waals surface area contributed by atoms with Crippen LogP contribution in [0.25, 0.3) is 0 Å². The minimum absolute atomic E-state index is 0.140. The fourth-order valence-corrected chi connectivity index (χ4v) is 2.63. The Morgan fingerprint density at radius 1 is 1.20 bits per heavy atom. The van der Waals surface area contributed by atoms with Gasteiger partial charge in [-0.3, -0.25) is 9.97 Å². The Labute approximate surface area is 118 Å². The van der Waals surface area contributed by atoms with Gasteiger partial charge in [0.25, 0.3) is 0 Å². The Balaban J connectivity index is 1.96. The van der Waals surface area contributed by atoms with Crippen molar-refractivity contribution in [3.63, 3.8) is 0 Å². The van der Waals surface area contributed by atoms with Crippen molar-refractivity contribution in [3.05, 3.63) is 54.1 Å². The lowest BCUT2D eigenvalue weighted by molar-refractivity contribution is 0.581. The smallest absolute Gasteiger partial charge is 0.242 e. The number of nitrogens with two attached hydrogens (primary N) is 1. The fourth-order valence-electron chi connectivity index (χ4n) is 1.65. The summed E-state index contributed by atoms with van der Waals surface area (Å²) < 4.78 is 26.6. The van der Waals surface area contributed by atoms with Crippen LogP contribution in [0.3, 0.4) is 0 Å². The highest BCUT2D eigenvalue weighted by atomic mass is 32.2. The zero-order valence-electron chi connectivity index (χ0n) is 10.9. The SMILES string of the molecule is NCc1ccc(S(=O)(=O)NCCc2cccnc2)cn1. The Morgan fingerprint density at radius 3 is 2.65 bits per heavy atom. The summed E-state index contributed by atoms with van der Waals surface area (Å²) in [5.41, 5.74) is 7.05. The third-order valence-electron chi connectivity index (χ3n) is 2.75. The molecule has 2 rings (SSSR count). The highest BCUT2D eigenvalue weighted by molar-refractivity contribution is 7.89. The van der Waals surface area contributed by atoms with E-state index in [0.717, 1.165) is 5.56 Å². The van der Waals surface area contributed by atoms with Gasteiger partial charge in [-0.1, -0.05) is 6.07 Å². The van der Waals surface area contributed by atoms with Crippen molar-refractivity contribution in [1.82, 2.24) is 14.7 Å². The zero-order valence-corrected chi connectivity index (χ0v) is 11.7. The second-order valence-electron chi connectivity index (χ2n) is 4.20. The molecule has 0 bridgehead atoms. The molecule has 6 nitrogen and oxygen atoms in total. The second-order valence-corrected chi connectivity index (χ2v) is 5.97. The number of sulfonamides is 1. The summed E-state index contributed by atoms with van der Waals surface area (Å²) in [6, 6.07) is 6.83. The molecule has 0 unspecified atom stereocenters. The van der Waals surface area contributed by atoms with Gasteiger partial charge >= 0.3 is 0 Å². The van der Waals surface area contributed by atoms with Crippen LogP contribution >= 0.6 is 0 Å². The van der Waals surface area contributed by atoms with E-state index in [9.17, 15) is 8.42 Å². The molecule has 0 atom stereocenters. The Hall–Kier alpha value is -1.83. The number of nitrogens with zero attached hydrogens (tertiary/aromatic N) is 2. The molecule has 0 amide bonds. The van der Waals surface area contributed by atoms with E-state index in [2.05, 4.69) is 14.7 Å². The lowest BCUT2D eigenvalue weighted by atomic mass is 10.2. The van der Waals surface area contributed by atoms with Crippen LogP contribution in [0.4, 0.5) is 0 Å². The molecule has 0 fully saturated rings. The van der Waals surface area contributed by atoms with E-state index < -0.39 is 10.0 Å². The number of nitrogens with one attached hydrogen (secondary N) is 1.